The zero-order valence-electron chi connectivity index (χ0n) is 10.5. The van der Waals surface area contributed by atoms with Gasteiger partial charge in [0.1, 0.15) is 0 Å². The maximum Gasteiger partial charge on any atom is 0.168 e. The summed E-state index contributed by atoms with van der Waals surface area (Å²) in [7, 11) is 0. The fourth-order valence-corrected chi connectivity index (χ4v) is 2.96. The molecule has 5 heteroatoms. The van der Waals surface area contributed by atoms with Crippen molar-refractivity contribution in [2.45, 2.75) is 37.1 Å². The van der Waals surface area contributed by atoms with Gasteiger partial charge in [0.15, 0.2) is 17.4 Å². The van der Waals surface area contributed by atoms with Crippen LogP contribution in [0.4, 0.5) is 8.78 Å². The van der Waals surface area contributed by atoms with Crippen LogP contribution in [0.1, 0.15) is 31.2 Å². The third-order valence-electron chi connectivity index (χ3n) is 4.11. The lowest BCUT2D eigenvalue weighted by Crippen LogP contribution is -2.42. The maximum atomic E-state index is 13.8. The van der Waals surface area contributed by atoms with Crippen LogP contribution >= 0.6 is 0 Å². The highest BCUT2D eigenvalue weighted by Crippen LogP contribution is 2.45. The van der Waals surface area contributed by atoms with Gasteiger partial charge < -0.3 is 14.6 Å². The summed E-state index contributed by atoms with van der Waals surface area (Å²) < 4.78 is 38.2. The topological polar surface area (TPSA) is 38.7 Å². The van der Waals surface area contributed by atoms with Crippen LogP contribution < -0.4 is 0 Å². The molecule has 1 aromatic rings. The SMILES string of the molecule is OC1(c2cccc(F)c2F)CCC2(CC1)OCCO2. The Hall–Kier alpha value is -1.04. The van der Waals surface area contributed by atoms with E-state index >= 15 is 0 Å². The summed E-state index contributed by atoms with van der Waals surface area (Å²) >= 11 is 0. The molecule has 0 amide bonds. The lowest BCUT2D eigenvalue weighted by molar-refractivity contribution is -0.204. The molecule has 1 heterocycles. The molecule has 1 spiro atoms. The van der Waals surface area contributed by atoms with Gasteiger partial charge in [-0.3, -0.25) is 0 Å². The first-order valence-corrected chi connectivity index (χ1v) is 6.50. The largest absolute Gasteiger partial charge is 0.385 e. The fraction of sp³-hybridized carbons (Fsp3) is 0.571. The molecule has 3 rings (SSSR count). The van der Waals surface area contributed by atoms with Gasteiger partial charge in [-0.1, -0.05) is 12.1 Å². The van der Waals surface area contributed by atoms with Crippen molar-refractivity contribution in [3.05, 3.63) is 35.4 Å². The molecule has 1 aliphatic carbocycles. The molecule has 2 aliphatic rings. The number of aliphatic hydroxyl groups is 1. The molecule has 3 nitrogen and oxygen atoms in total. The molecule has 0 bridgehead atoms. The zero-order chi connectivity index (χ0) is 13.5. The van der Waals surface area contributed by atoms with Gasteiger partial charge >= 0.3 is 0 Å². The Bertz CT molecular complexity index is 474. The van der Waals surface area contributed by atoms with E-state index in [-0.39, 0.29) is 5.56 Å². The Morgan fingerprint density at radius 1 is 1.00 bits per heavy atom. The smallest absolute Gasteiger partial charge is 0.168 e. The predicted molar refractivity (Wildman–Crippen MR) is 63.4 cm³/mol. The normalized spacial score (nSPS) is 24.8. The molecule has 1 saturated heterocycles. The summed E-state index contributed by atoms with van der Waals surface area (Å²) in [5.41, 5.74) is -1.31. The molecule has 0 radical (unpaired) electrons. The number of halogens is 2. The number of rotatable bonds is 1. The lowest BCUT2D eigenvalue weighted by Gasteiger charge is -2.40. The van der Waals surface area contributed by atoms with Gasteiger partial charge in [0, 0.05) is 18.4 Å². The van der Waals surface area contributed by atoms with Crippen LogP contribution in [0.2, 0.25) is 0 Å². The molecule has 1 aromatic carbocycles. The van der Waals surface area contributed by atoms with E-state index in [1.807, 2.05) is 0 Å². The Kier molecular flexibility index (Phi) is 3.08. The fourth-order valence-electron chi connectivity index (χ4n) is 2.96. The van der Waals surface area contributed by atoms with Crippen LogP contribution in [-0.4, -0.2) is 24.1 Å². The number of hydrogen-bond donors (Lipinski definition) is 1. The lowest BCUT2D eigenvalue weighted by atomic mass is 9.77. The van der Waals surface area contributed by atoms with E-state index in [4.69, 9.17) is 9.47 Å². The summed E-state index contributed by atoms with van der Waals surface area (Å²) in [6, 6.07) is 3.90. The van der Waals surface area contributed by atoms with Gasteiger partial charge in [0.2, 0.25) is 0 Å². The minimum atomic E-state index is -1.34. The van der Waals surface area contributed by atoms with Crippen LogP contribution in [0.3, 0.4) is 0 Å². The molecule has 0 unspecified atom stereocenters. The van der Waals surface area contributed by atoms with Gasteiger partial charge in [-0.2, -0.15) is 0 Å². The van der Waals surface area contributed by atoms with Crippen molar-refractivity contribution in [3.63, 3.8) is 0 Å². The standard InChI is InChI=1S/C14H16F2O3/c15-11-3-1-2-10(12(11)16)13(17)4-6-14(7-5-13)18-8-9-19-14/h1-3,17H,4-9H2. The van der Waals surface area contributed by atoms with E-state index in [1.54, 1.807) is 0 Å². The Balaban J connectivity index is 1.83. The second kappa shape index (κ2) is 4.51. The summed E-state index contributed by atoms with van der Waals surface area (Å²) in [6.45, 7) is 1.10. The highest BCUT2D eigenvalue weighted by Gasteiger charge is 2.47. The third-order valence-corrected chi connectivity index (χ3v) is 4.11. The van der Waals surface area contributed by atoms with Gasteiger partial charge in [0.05, 0.1) is 18.8 Å². The second-order valence-electron chi connectivity index (χ2n) is 5.24. The van der Waals surface area contributed by atoms with Gasteiger partial charge in [0.25, 0.3) is 0 Å². The van der Waals surface area contributed by atoms with E-state index in [9.17, 15) is 13.9 Å². The van der Waals surface area contributed by atoms with Crippen molar-refractivity contribution in [1.82, 2.24) is 0 Å². The number of hydrogen-bond acceptors (Lipinski definition) is 3. The van der Waals surface area contributed by atoms with Crippen LogP contribution in [0.5, 0.6) is 0 Å². The number of ether oxygens (including phenoxy) is 2. The van der Waals surface area contributed by atoms with Crippen LogP contribution in [0.25, 0.3) is 0 Å². The average Bonchev–Trinajstić information content (AvgIpc) is 2.86. The van der Waals surface area contributed by atoms with Crippen LogP contribution in [0, 0.1) is 11.6 Å². The quantitative estimate of drug-likeness (QED) is 0.852. The molecule has 1 N–H and O–H groups in total. The zero-order valence-corrected chi connectivity index (χ0v) is 10.5. The van der Waals surface area contributed by atoms with Crippen LogP contribution in [-0.2, 0) is 15.1 Å². The molecule has 0 aromatic heterocycles. The van der Waals surface area contributed by atoms with Gasteiger partial charge in [-0.25, -0.2) is 8.78 Å². The van der Waals surface area contributed by atoms with E-state index in [2.05, 4.69) is 0 Å². The third kappa shape index (κ3) is 2.16. The Morgan fingerprint density at radius 3 is 2.26 bits per heavy atom. The summed E-state index contributed by atoms with van der Waals surface area (Å²) in [4.78, 5) is 0. The molecular weight excluding hydrogens is 254 g/mol. The van der Waals surface area contributed by atoms with Crippen molar-refractivity contribution in [1.29, 1.82) is 0 Å². The summed E-state index contributed by atoms with van der Waals surface area (Å²) in [5, 5.41) is 10.6. The Labute approximate surface area is 110 Å². The minimum Gasteiger partial charge on any atom is -0.385 e. The van der Waals surface area contributed by atoms with E-state index in [0.717, 1.165) is 6.07 Å². The first-order valence-electron chi connectivity index (χ1n) is 6.50. The molecule has 1 aliphatic heterocycles. The molecular formula is C14H16F2O3. The van der Waals surface area contributed by atoms with Gasteiger partial charge in [-0.15, -0.1) is 0 Å². The van der Waals surface area contributed by atoms with Crippen molar-refractivity contribution < 1.29 is 23.4 Å². The molecule has 104 valence electrons. The molecule has 2 fully saturated rings. The molecule has 19 heavy (non-hydrogen) atoms. The van der Waals surface area contributed by atoms with Crippen molar-refractivity contribution in [2.75, 3.05) is 13.2 Å². The van der Waals surface area contributed by atoms with Crippen LogP contribution in [0.15, 0.2) is 18.2 Å². The first kappa shape index (κ1) is 13.0. The minimum absolute atomic E-state index is 0.0281. The molecule has 0 atom stereocenters. The van der Waals surface area contributed by atoms with E-state index < -0.39 is 23.0 Å². The predicted octanol–water partition coefficient (Wildman–Crippen LogP) is 2.47. The first-order chi connectivity index (χ1) is 9.05. The van der Waals surface area contributed by atoms with Gasteiger partial charge in [-0.05, 0) is 18.9 Å². The number of benzene rings is 1. The van der Waals surface area contributed by atoms with E-state index in [1.165, 1.54) is 12.1 Å². The summed E-state index contributed by atoms with van der Waals surface area (Å²) in [6.07, 6.45) is 1.57. The summed E-state index contributed by atoms with van der Waals surface area (Å²) in [5.74, 6) is -2.52. The average molecular weight is 270 g/mol. The van der Waals surface area contributed by atoms with Crippen molar-refractivity contribution in [2.24, 2.45) is 0 Å². The maximum absolute atomic E-state index is 13.8. The Morgan fingerprint density at radius 2 is 1.63 bits per heavy atom. The van der Waals surface area contributed by atoms with Crippen molar-refractivity contribution in [3.8, 4) is 0 Å². The highest BCUT2D eigenvalue weighted by atomic mass is 19.2. The molecule has 1 saturated carbocycles. The van der Waals surface area contributed by atoms with E-state index in [0.29, 0.717) is 38.9 Å². The monoisotopic (exact) mass is 270 g/mol. The van der Waals surface area contributed by atoms with Crippen molar-refractivity contribution >= 4 is 0 Å². The highest BCUT2D eigenvalue weighted by molar-refractivity contribution is 5.26. The second-order valence-corrected chi connectivity index (χ2v) is 5.24.